The standard InChI is InChI=1S/C23H24N8O3S/c1-28(2)35(33,34)19-10-8-17(9-11-19)23(32)30-14-12-29(13-15-30)21-20-22(25-16-24-21)31(27-26-20)18-6-4-3-5-7-18/h3-11,16H,12-15H2,1-2H3. The van der Waals surface area contributed by atoms with E-state index in [4.69, 9.17) is 0 Å². The Morgan fingerprint density at radius 2 is 1.60 bits per heavy atom. The van der Waals surface area contributed by atoms with E-state index in [2.05, 4.69) is 25.2 Å². The van der Waals surface area contributed by atoms with Gasteiger partial charge in [0.2, 0.25) is 10.0 Å². The molecule has 4 aromatic rings. The van der Waals surface area contributed by atoms with Crippen LogP contribution in [0.25, 0.3) is 16.9 Å². The molecule has 1 amide bonds. The minimum absolute atomic E-state index is 0.138. The van der Waals surface area contributed by atoms with Gasteiger partial charge in [0.1, 0.15) is 6.33 Å². The van der Waals surface area contributed by atoms with Crippen molar-refractivity contribution >= 4 is 32.9 Å². The van der Waals surface area contributed by atoms with Gasteiger partial charge in [0.05, 0.1) is 10.6 Å². The van der Waals surface area contributed by atoms with Crippen molar-refractivity contribution in [3.8, 4) is 5.69 Å². The van der Waals surface area contributed by atoms with E-state index >= 15 is 0 Å². The van der Waals surface area contributed by atoms with Gasteiger partial charge in [-0.25, -0.2) is 22.7 Å². The summed E-state index contributed by atoms with van der Waals surface area (Å²) in [5.74, 6) is 0.545. The number of para-hydroxylation sites is 1. The van der Waals surface area contributed by atoms with Crippen LogP contribution in [-0.2, 0) is 10.0 Å². The van der Waals surface area contributed by atoms with E-state index in [0.29, 0.717) is 48.7 Å². The number of carbonyl (C=O) groups is 1. The lowest BCUT2D eigenvalue weighted by Gasteiger charge is -2.35. The number of carbonyl (C=O) groups excluding carboxylic acids is 1. The first kappa shape index (κ1) is 22.9. The Labute approximate surface area is 202 Å². The summed E-state index contributed by atoms with van der Waals surface area (Å²) >= 11 is 0. The number of hydrogen-bond acceptors (Lipinski definition) is 8. The van der Waals surface area contributed by atoms with E-state index in [1.807, 2.05) is 30.3 Å². The molecule has 1 aliphatic heterocycles. The number of aromatic nitrogens is 5. The first-order valence-electron chi connectivity index (χ1n) is 11.0. The summed E-state index contributed by atoms with van der Waals surface area (Å²) in [6, 6.07) is 15.7. The molecule has 12 heteroatoms. The van der Waals surface area contributed by atoms with Crippen LogP contribution in [0.4, 0.5) is 5.82 Å². The van der Waals surface area contributed by atoms with Crippen LogP contribution in [0.15, 0.2) is 65.8 Å². The molecule has 1 fully saturated rings. The number of anilines is 1. The van der Waals surface area contributed by atoms with E-state index in [9.17, 15) is 13.2 Å². The predicted molar refractivity (Wildman–Crippen MR) is 130 cm³/mol. The maximum atomic E-state index is 13.0. The number of sulfonamides is 1. The van der Waals surface area contributed by atoms with Crippen molar-refractivity contribution in [2.24, 2.45) is 0 Å². The number of fused-ring (bicyclic) bond motifs is 1. The molecule has 0 unspecified atom stereocenters. The lowest BCUT2D eigenvalue weighted by molar-refractivity contribution is 0.0746. The molecule has 0 N–H and O–H groups in total. The highest BCUT2D eigenvalue weighted by molar-refractivity contribution is 7.89. The van der Waals surface area contributed by atoms with Crippen LogP contribution in [0.5, 0.6) is 0 Å². The first-order chi connectivity index (χ1) is 16.9. The summed E-state index contributed by atoms with van der Waals surface area (Å²) in [4.78, 5) is 25.8. The van der Waals surface area contributed by atoms with Gasteiger partial charge >= 0.3 is 0 Å². The molecule has 0 spiro atoms. The van der Waals surface area contributed by atoms with Crippen molar-refractivity contribution in [3.05, 3.63) is 66.5 Å². The molecular weight excluding hydrogens is 468 g/mol. The van der Waals surface area contributed by atoms with Crippen molar-refractivity contribution in [2.75, 3.05) is 45.2 Å². The summed E-state index contributed by atoms with van der Waals surface area (Å²) < 4.78 is 27.4. The first-order valence-corrected chi connectivity index (χ1v) is 12.5. The summed E-state index contributed by atoms with van der Waals surface area (Å²) in [7, 11) is -0.592. The van der Waals surface area contributed by atoms with Crippen molar-refractivity contribution in [3.63, 3.8) is 0 Å². The Hall–Kier alpha value is -3.90. The van der Waals surface area contributed by atoms with Crippen LogP contribution in [0, 0.1) is 0 Å². The molecule has 0 atom stereocenters. The Kier molecular flexibility index (Phi) is 5.91. The van der Waals surface area contributed by atoms with E-state index in [0.717, 1.165) is 9.99 Å². The Balaban J connectivity index is 1.30. The molecule has 3 heterocycles. The number of benzene rings is 2. The molecule has 2 aromatic heterocycles. The molecule has 0 aliphatic carbocycles. The van der Waals surface area contributed by atoms with Crippen molar-refractivity contribution < 1.29 is 13.2 Å². The van der Waals surface area contributed by atoms with Gasteiger partial charge in [0, 0.05) is 45.8 Å². The van der Waals surface area contributed by atoms with Crippen molar-refractivity contribution in [1.29, 1.82) is 0 Å². The lowest BCUT2D eigenvalue weighted by atomic mass is 10.2. The second-order valence-corrected chi connectivity index (χ2v) is 10.4. The van der Waals surface area contributed by atoms with Crippen LogP contribution in [0.1, 0.15) is 10.4 Å². The minimum atomic E-state index is -3.54. The number of rotatable bonds is 5. The van der Waals surface area contributed by atoms with Gasteiger partial charge in [-0.1, -0.05) is 23.4 Å². The molecule has 180 valence electrons. The molecular formula is C23H24N8O3S. The highest BCUT2D eigenvalue weighted by Gasteiger charge is 2.26. The Bertz CT molecular complexity index is 1460. The van der Waals surface area contributed by atoms with E-state index in [1.165, 1.54) is 32.6 Å². The normalized spacial score (nSPS) is 14.6. The molecule has 2 aromatic carbocycles. The zero-order valence-electron chi connectivity index (χ0n) is 19.3. The summed E-state index contributed by atoms with van der Waals surface area (Å²) in [5.41, 5.74) is 2.53. The number of hydrogen-bond donors (Lipinski definition) is 0. The predicted octanol–water partition coefficient (Wildman–Crippen LogP) is 1.42. The maximum absolute atomic E-state index is 13.0. The van der Waals surface area contributed by atoms with Crippen molar-refractivity contribution in [1.82, 2.24) is 34.2 Å². The van der Waals surface area contributed by atoms with Crippen LogP contribution >= 0.6 is 0 Å². The molecule has 1 aliphatic rings. The fourth-order valence-corrected chi connectivity index (χ4v) is 4.90. The zero-order valence-corrected chi connectivity index (χ0v) is 20.1. The quantitative estimate of drug-likeness (QED) is 0.411. The minimum Gasteiger partial charge on any atom is -0.351 e. The van der Waals surface area contributed by atoms with Gasteiger partial charge in [-0.2, -0.15) is 4.68 Å². The lowest BCUT2D eigenvalue weighted by Crippen LogP contribution is -2.49. The topological polar surface area (TPSA) is 117 Å². The van der Waals surface area contributed by atoms with Gasteiger partial charge in [0.25, 0.3) is 5.91 Å². The van der Waals surface area contributed by atoms with Crippen molar-refractivity contribution in [2.45, 2.75) is 4.90 Å². The molecule has 0 bridgehead atoms. The Morgan fingerprint density at radius 1 is 0.914 bits per heavy atom. The number of piperazine rings is 1. The smallest absolute Gasteiger partial charge is 0.253 e. The summed E-state index contributed by atoms with van der Waals surface area (Å²) in [5, 5.41) is 8.59. The zero-order chi connectivity index (χ0) is 24.6. The molecule has 11 nitrogen and oxygen atoms in total. The van der Waals surface area contributed by atoms with Crippen LogP contribution in [0.3, 0.4) is 0 Å². The largest absolute Gasteiger partial charge is 0.351 e. The molecule has 1 saturated heterocycles. The fourth-order valence-electron chi connectivity index (χ4n) is 4.00. The third kappa shape index (κ3) is 4.21. The van der Waals surface area contributed by atoms with Gasteiger partial charge in [-0.05, 0) is 36.4 Å². The van der Waals surface area contributed by atoms with E-state index in [-0.39, 0.29) is 10.8 Å². The number of nitrogens with zero attached hydrogens (tertiary/aromatic N) is 8. The maximum Gasteiger partial charge on any atom is 0.253 e. The van der Waals surface area contributed by atoms with Gasteiger partial charge < -0.3 is 9.80 Å². The second kappa shape index (κ2) is 9.04. The van der Waals surface area contributed by atoms with E-state index < -0.39 is 10.0 Å². The third-order valence-electron chi connectivity index (χ3n) is 5.97. The average molecular weight is 493 g/mol. The SMILES string of the molecule is CN(C)S(=O)(=O)c1ccc(C(=O)N2CCN(c3ncnc4c3nnn4-c3ccccc3)CC2)cc1. The highest BCUT2D eigenvalue weighted by atomic mass is 32.2. The van der Waals surface area contributed by atoms with Gasteiger partial charge in [0.15, 0.2) is 17.0 Å². The molecule has 0 radical (unpaired) electrons. The second-order valence-electron chi connectivity index (χ2n) is 8.30. The van der Waals surface area contributed by atoms with Crippen LogP contribution < -0.4 is 4.90 Å². The van der Waals surface area contributed by atoms with Crippen LogP contribution in [-0.4, -0.2) is 88.8 Å². The molecule has 5 rings (SSSR count). The average Bonchev–Trinajstić information content (AvgIpc) is 3.33. The summed E-state index contributed by atoms with van der Waals surface area (Å²) in [6.07, 6.45) is 1.50. The Morgan fingerprint density at radius 3 is 2.26 bits per heavy atom. The van der Waals surface area contributed by atoms with Gasteiger partial charge in [-0.3, -0.25) is 4.79 Å². The van der Waals surface area contributed by atoms with Crippen LogP contribution in [0.2, 0.25) is 0 Å². The highest BCUT2D eigenvalue weighted by Crippen LogP contribution is 2.24. The van der Waals surface area contributed by atoms with Gasteiger partial charge in [-0.15, -0.1) is 5.10 Å². The third-order valence-corrected chi connectivity index (χ3v) is 7.79. The number of amides is 1. The molecule has 35 heavy (non-hydrogen) atoms. The molecule has 0 saturated carbocycles. The monoisotopic (exact) mass is 492 g/mol. The fraction of sp³-hybridized carbons (Fsp3) is 0.261. The summed E-state index contributed by atoms with van der Waals surface area (Å²) in [6.45, 7) is 2.14. The van der Waals surface area contributed by atoms with E-state index in [1.54, 1.807) is 21.7 Å².